The fourth-order valence-electron chi connectivity index (χ4n) is 5.39. The minimum Gasteiger partial charge on any atom is -0.477 e. The number of rotatable bonds is 6. The molecule has 2 aliphatic heterocycles. The highest BCUT2D eigenvalue weighted by molar-refractivity contribution is 5.92. The number of hydrogen-bond acceptors (Lipinski definition) is 7. The summed E-state index contributed by atoms with van der Waals surface area (Å²) in [6.07, 6.45) is 1.26. The minimum absolute atomic E-state index is 0.0939. The van der Waals surface area contributed by atoms with Crippen molar-refractivity contribution in [3.8, 4) is 5.69 Å². The summed E-state index contributed by atoms with van der Waals surface area (Å²) in [5.74, 6) is -2.30. The zero-order valence-electron chi connectivity index (χ0n) is 22.3. The number of carboxylic acid groups (broad SMARTS) is 1. The van der Waals surface area contributed by atoms with Gasteiger partial charge in [-0.3, -0.25) is 9.69 Å². The van der Waals surface area contributed by atoms with Gasteiger partial charge in [0.1, 0.15) is 11.4 Å². The molecule has 0 saturated carbocycles. The Kier molecular flexibility index (Phi) is 7.38. The highest BCUT2D eigenvalue weighted by atomic mass is 19.1. The molecule has 2 aromatic carbocycles. The van der Waals surface area contributed by atoms with Crippen molar-refractivity contribution >= 4 is 28.5 Å². The Morgan fingerprint density at radius 1 is 0.878 bits per heavy atom. The topological polar surface area (TPSA) is 91.1 Å². The molecule has 2 saturated heterocycles. The van der Waals surface area contributed by atoms with Gasteiger partial charge < -0.3 is 24.2 Å². The molecule has 0 atom stereocenters. The van der Waals surface area contributed by atoms with Crippen LogP contribution < -0.4 is 15.2 Å². The molecule has 0 bridgehead atoms. The molecule has 1 N–H and O–H groups in total. The van der Waals surface area contributed by atoms with Crippen molar-refractivity contribution < 1.29 is 23.4 Å². The first kappa shape index (κ1) is 26.9. The largest absolute Gasteiger partial charge is 0.477 e. The van der Waals surface area contributed by atoms with Crippen molar-refractivity contribution in [1.29, 1.82) is 0 Å². The van der Waals surface area contributed by atoms with Gasteiger partial charge in [0.25, 0.3) is 0 Å². The number of piperazine rings is 1. The van der Waals surface area contributed by atoms with E-state index >= 15 is 4.39 Å². The number of pyridine rings is 2. The summed E-state index contributed by atoms with van der Waals surface area (Å²) in [5, 5.41) is 9.60. The lowest BCUT2D eigenvalue weighted by molar-refractivity contribution is 0.0342. The fraction of sp³-hybridized carbons (Fsp3) is 0.300. The molecule has 0 unspecified atom stereocenters. The average molecular weight is 562 g/mol. The summed E-state index contributed by atoms with van der Waals surface area (Å²) >= 11 is 0. The number of ether oxygens (including phenoxy) is 1. The van der Waals surface area contributed by atoms with Gasteiger partial charge in [-0.25, -0.2) is 18.6 Å². The number of nitrogens with zero attached hydrogens (tertiary/aromatic N) is 5. The van der Waals surface area contributed by atoms with Gasteiger partial charge in [0.05, 0.1) is 18.6 Å². The number of hydrogen-bond donors (Lipinski definition) is 1. The molecule has 9 nitrogen and oxygen atoms in total. The van der Waals surface area contributed by atoms with Crippen LogP contribution in [0.25, 0.3) is 16.7 Å². The third-order valence-corrected chi connectivity index (χ3v) is 7.64. The van der Waals surface area contributed by atoms with Crippen LogP contribution in [0.4, 0.5) is 20.3 Å². The molecule has 0 amide bonds. The first-order valence-electron chi connectivity index (χ1n) is 13.5. The lowest BCUT2D eigenvalue weighted by Gasteiger charge is -2.37. The van der Waals surface area contributed by atoms with Crippen LogP contribution in [0, 0.1) is 11.6 Å². The quantitative estimate of drug-likeness (QED) is 0.383. The highest BCUT2D eigenvalue weighted by Crippen LogP contribution is 2.26. The van der Waals surface area contributed by atoms with Crippen LogP contribution in [0.15, 0.2) is 65.6 Å². The first-order valence-corrected chi connectivity index (χ1v) is 13.5. The number of fused-ring (bicyclic) bond motifs is 1. The van der Waals surface area contributed by atoms with Crippen molar-refractivity contribution in [2.75, 3.05) is 62.3 Å². The standard InChI is InChI=1S/C30H29F2N5O4/c31-21-3-7-22(8-4-21)35-9-11-36(12-10-35)29-26(32)17-24-27(38)25(30(39)40)19-37(28(24)33-29)23-5-1-20(2-6-23)18-34-13-15-41-16-14-34/h1-8,17,19H,9-16,18H2,(H,39,40). The molecular weight excluding hydrogens is 532 g/mol. The summed E-state index contributed by atoms with van der Waals surface area (Å²) in [6, 6.07) is 14.9. The molecule has 212 valence electrons. The number of carbonyl (C=O) groups is 1. The maximum atomic E-state index is 15.4. The number of aromatic nitrogens is 2. The van der Waals surface area contributed by atoms with E-state index in [1.807, 2.05) is 24.3 Å². The van der Waals surface area contributed by atoms with Crippen molar-refractivity contribution in [1.82, 2.24) is 14.5 Å². The number of carboxylic acids is 1. The zero-order valence-corrected chi connectivity index (χ0v) is 22.3. The van der Waals surface area contributed by atoms with Gasteiger partial charge in [0.15, 0.2) is 17.3 Å². The van der Waals surface area contributed by atoms with Gasteiger partial charge in [-0.05, 0) is 48.0 Å². The Morgan fingerprint density at radius 2 is 1.51 bits per heavy atom. The monoisotopic (exact) mass is 561 g/mol. The molecule has 11 heteroatoms. The van der Waals surface area contributed by atoms with E-state index in [9.17, 15) is 19.1 Å². The Bertz CT molecular complexity index is 1630. The van der Waals surface area contributed by atoms with Gasteiger partial charge in [-0.1, -0.05) is 12.1 Å². The highest BCUT2D eigenvalue weighted by Gasteiger charge is 2.24. The Morgan fingerprint density at radius 3 is 2.17 bits per heavy atom. The predicted octanol–water partition coefficient (Wildman–Crippen LogP) is 3.52. The number of benzene rings is 2. The van der Waals surface area contributed by atoms with Crippen LogP contribution in [0.5, 0.6) is 0 Å². The maximum Gasteiger partial charge on any atom is 0.341 e. The number of aromatic carboxylic acids is 1. The smallest absolute Gasteiger partial charge is 0.341 e. The molecule has 4 heterocycles. The van der Waals surface area contributed by atoms with Crippen LogP contribution >= 0.6 is 0 Å². The zero-order chi connectivity index (χ0) is 28.5. The van der Waals surface area contributed by atoms with Crippen LogP contribution in [-0.2, 0) is 11.3 Å². The van der Waals surface area contributed by atoms with Gasteiger partial charge in [0, 0.05) is 63.4 Å². The molecule has 2 aromatic heterocycles. The molecule has 2 aliphatic rings. The van der Waals surface area contributed by atoms with E-state index in [0.29, 0.717) is 45.1 Å². The summed E-state index contributed by atoms with van der Waals surface area (Å²) in [4.78, 5) is 35.7. The van der Waals surface area contributed by atoms with E-state index in [1.54, 1.807) is 17.0 Å². The minimum atomic E-state index is -1.39. The second kappa shape index (κ2) is 11.3. The summed E-state index contributed by atoms with van der Waals surface area (Å²) in [5.41, 5.74) is 1.50. The van der Waals surface area contributed by atoms with Gasteiger partial charge in [-0.2, -0.15) is 0 Å². The van der Waals surface area contributed by atoms with Crippen molar-refractivity contribution in [3.05, 3.63) is 93.8 Å². The number of morpholine rings is 1. The Hall–Kier alpha value is -4.35. The summed E-state index contributed by atoms with van der Waals surface area (Å²) in [7, 11) is 0. The third-order valence-electron chi connectivity index (χ3n) is 7.64. The second-order valence-corrected chi connectivity index (χ2v) is 10.2. The molecule has 41 heavy (non-hydrogen) atoms. The average Bonchev–Trinajstić information content (AvgIpc) is 2.99. The van der Waals surface area contributed by atoms with E-state index in [4.69, 9.17) is 4.74 Å². The van der Waals surface area contributed by atoms with Crippen molar-refractivity contribution in [3.63, 3.8) is 0 Å². The summed E-state index contributed by atoms with van der Waals surface area (Å²) < 4.78 is 35.7. The molecule has 0 radical (unpaired) electrons. The van der Waals surface area contributed by atoms with E-state index in [1.165, 1.54) is 22.9 Å². The molecular formula is C30H29F2N5O4. The number of anilines is 2. The van der Waals surface area contributed by atoms with E-state index in [2.05, 4.69) is 14.8 Å². The van der Waals surface area contributed by atoms with Crippen molar-refractivity contribution in [2.24, 2.45) is 0 Å². The molecule has 4 aromatic rings. The lowest BCUT2D eigenvalue weighted by Crippen LogP contribution is -2.47. The molecule has 0 aliphatic carbocycles. The SMILES string of the molecule is O=C(O)c1cn(-c2ccc(CN3CCOCC3)cc2)c2nc(N3CCN(c4ccc(F)cc4)CC3)c(F)cc2c1=O. The Labute approximate surface area is 234 Å². The second-order valence-electron chi connectivity index (χ2n) is 10.2. The normalized spacial score (nSPS) is 16.3. The number of halogens is 2. The lowest BCUT2D eigenvalue weighted by atomic mass is 10.1. The van der Waals surface area contributed by atoms with Crippen LogP contribution in [0.1, 0.15) is 15.9 Å². The van der Waals surface area contributed by atoms with E-state index in [-0.39, 0.29) is 22.7 Å². The summed E-state index contributed by atoms with van der Waals surface area (Å²) in [6.45, 7) is 5.92. The Balaban J connectivity index is 1.33. The van der Waals surface area contributed by atoms with E-state index in [0.717, 1.165) is 37.0 Å². The third kappa shape index (κ3) is 5.50. The van der Waals surface area contributed by atoms with Gasteiger partial charge >= 0.3 is 5.97 Å². The van der Waals surface area contributed by atoms with Gasteiger partial charge in [-0.15, -0.1) is 0 Å². The molecule has 0 spiro atoms. The predicted molar refractivity (Wildman–Crippen MR) is 151 cm³/mol. The van der Waals surface area contributed by atoms with Crippen LogP contribution in [0.2, 0.25) is 0 Å². The van der Waals surface area contributed by atoms with Crippen molar-refractivity contribution in [2.45, 2.75) is 6.54 Å². The van der Waals surface area contributed by atoms with E-state index < -0.39 is 22.8 Å². The fourth-order valence-corrected chi connectivity index (χ4v) is 5.39. The van der Waals surface area contributed by atoms with Gasteiger partial charge in [0.2, 0.25) is 5.43 Å². The maximum absolute atomic E-state index is 15.4. The van der Waals surface area contributed by atoms with Crippen LogP contribution in [0.3, 0.4) is 0 Å². The van der Waals surface area contributed by atoms with Crippen LogP contribution in [-0.4, -0.2) is 78.0 Å². The molecule has 6 rings (SSSR count). The first-order chi connectivity index (χ1) is 19.9. The molecule has 2 fully saturated rings.